The van der Waals surface area contributed by atoms with Crippen LogP contribution in [0.1, 0.15) is 82.5 Å². The Balaban J connectivity index is 0.00000182. The fourth-order valence-corrected chi connectivity index (χ4v) is 7.99. The number of halogens is 1. The van der Waals surface area contributed by atoms with E-state index in [4.69, 9.17) is 4.98 Å². The second kappa shape index (κ2) is 13.7. The largest absolute Gasteiger partial charge is 0.329 e. The first kappa shape index (κ1) is 31.9. The van der Waals surface area contributed by atoms with E-state index in [-0.39, 0.29) is 17.6 Å². The van der Waals surface area contributed by atoms with Crippen molar-refractivity contribution in [3.05, 3.63) is 82.5 Å². The number of benzene rings is 2. The molecule has 46 heavy (non-hydrogen) atoms. The summed E-state index contributed by atoms with van der Waals surface area (Å²) in [6, 6.07) is 18.9. The van der Waals surface area contributed by atoms with E-state index in [0.29, 0.717) is 6.54 Å². The van der Waals surface area contributed by atoms with Crippen LogP contribution in [-0.2, 0) is 18.4 Å². The Morgan fingerprint density at radius 2 is 1.74 bits per heavy atom. The van der Waals surface area contributed by atoms with E-state index >= 15 is 0 Å². The molecule has 7 rings (SSSR count). The number of hydrazone groups is 1. The first-order valence-electron chi connectivity index (χ1n) is 16.5. The highest BCUT2D eigenvalue weighted by molar-refractivity contribution is 7.98. The molecule has 2 aliphatic rings. The van der Waals surface area contributed by atoms with Gasteiger partial charge in [0, 0.05) is 35.1 Å². The Bertz CT molecular complexity index is 1900. The van der Waals surface area contributed by atoms with Gasteiger partial charge in [-0.1, -0.05) is 82.5 Å². The van der Waals surface area contributed by atoms with Crippen molar-refractivity contribution in [3.8, 4) is 11.1 Å². The normalized spacial score (nSPS) is 16.7. The highest BCUT2D eigenvalue weighted by atomic mass is 32.2. The molecule has 1 saturated carbocycles. The van der Waals surface area contributed by atoms with Crippen molar-refractivity contribution in [2.24, 2.45) is 12.1 Å². The summed E-state index contributed by atoms with van der Waals surface area (Å²) in [5, 5.41) is 6.99. The van der Waals surface area contributed by atoms with E-state index in [9.17, 15) is 9.32 Å². The minimum Gasteiger partial charge on any atom is -0.295 e. The molecule has 10 heteroatoms. The first-order valence-corrected chi connectivity index (χ1v) is 17.3. The molecular formula is C36H43FN6O2S. The number of nitrogens with zero attached hydrogens (tertiary/aromatic N) is 6. The smallest absolute Gasteiger partial charge is 0.295 e. The average molecular weight is 643 g/mol. The molecule has 0 bridgehead atoms. The summed E-state index contributed by atoms with van der Waals surface area (Å²) in [7, 11) is 3.65. The zero-order valence-corrected chi connectivity index (χ0v) is 28.2. The van der Waals surface area contributed by atoms with E-state index < -0.39 is 5.92 Å². The highest BCUT2D eigenvalue weighted by Crippen LogP contribution is 2.47. The SMILES string of the molecule is CC.CCCCc1ccc(-c2c(C3CN(C)N=C3OF)n(Sc3ccccc3)c3ncc4c(c23)n(C2CCCC2)c(=O)n4C)cc1. The van der Waals surface area contributed by atoms with Gasteiger partial charge < -0.3 is 0 Å². The third kappa shape index (κ3) is 5.61. The first-order chi connectivity index (χ1) is 22.5. The van der Waals surface area contributed by atoms with E-state index in [1.54, 1.807) is 21.5 Å². The Kier molecular flexibility index (Phi) is 9.54. The van der Waals surface area contributed by atoms with Crippen LogP contribution in [0.4, 0.5) is 4.53 Å². The van der Waals surface area contributed by atoms with Crippen molar-refractivity contribution in [1.82, 2.24) is 23.1 Å². The molecule has 4 heterocycles. The van der Waals surface area contributed by atoms with Gasteiger partial charge in [0.25, 0.3) is 5.90 Å². The summed E-state index contributed by atoms with van der Waals surface area (Å²) >= 11 is 1.54. The molecule has 242 valence electrons. The molecule has 1 unspecified atom stereocenters. The molecule has 1 fully saturated rings. The Labute approximate surface area is 273 Å². The summed E-state index contributed by atoms with van der Waals surface area (Å²) < 4.78 is 20.0. The predicted octanol–water partition coefficient (Wildman–Crippen LogP) is 8.64. The number of fused-ring (bicyclic) bond motifs is 3. The fraction of sp³-hybridized carbons (Fsp3) is 0.417. The maximum Gasteiger partial charge on any atom is 0.329 e. The standard InChI is InChI=1S/C34H37FN6O2S.C2H6/c1-4-5-11-22-16-18-23(19-17-22)28-29-31-27(39(3)34(42)40(31)24-12-9-10-13-24)20-36-32(29)41(44-25-14-7-6-8-15-25)30(28)26-21-38(2)37-33(26)43-35;1-2/h6-8,14-20,24,26H,4-5,9-13,21H2,1-3H3;1-2H3. The van der Waals surface area contributed by atoms with Crippen LogP contribution >= 0.6 is 11.9 Å². The maximum absolute atomic E-state index is 14.2. The molecular weight excluding hydrogens is 600 g/mol. The molecule has 0 spiro atoms. The van der Waals surface area contributed by atoms with Crippen molar-refractivity contribution in [2.45, 2.75) is 82.6 Å². The van der Waals surface area contributed by atoms with E-state index in [0.717, 1.165) is 88.7 Å². The number of hydrogen-bond donors (Lipinski definition) is 0. The van der Waals surface area contributed by atoms with Crippen molar-refractivity contribution in [3.63, 3.8) is 0 Å². The number of imidazole rings is 1. The Morgan fingerprint density at radius 1 is 1.02 bits per heavy atom. The van der Waals surface area contributed by atoms with Gasteiger partial charge in [0.05, 0.1) is 34.9 Å². The third-order valence-electron chi connectivity index (χ3n) is 9.14. The van der Waals surface area contributed by atoms with E-state index in [2.05, 4.69) is 57.3 Å². The van der Waals surface area contributed by atoms with Gasteiger partial charge >= 0.3 is 5.69 Å². The summed E-state index contributed by atoms with van der Waals surface area (Å²) in [5.41, 5.74) is 6.45. The highest BCUT2D eigenvalue weighted by Gasteiger charge is 2.38. The molecule has 3 aromatic heterocycles. The van der Waals surface area contributed by atoms with Crippen molar-refractivity contribution >= 4 is 39.9 Å². The molecule has 5 aromatic rings. The summed E-state index contributed by atoms with van der Waals surface area (Å²) in [6.45, 7) is 6.65. The van der Waals surface area contributed by atoms with Crippen LogP contribution in [0.25, 0.3) is 33.2 Å². The van der Waals surface area contributed by atoms with Gasteiger partial charge in [0.2, 0.25) is 0 Å². The molecule has 0 amide bonds. The quantitative estimate of drug-likeness (QED) is 0.170. The van der Waals surface area contributed by atoms with Crippen molar-refractivity contribution in [2.75, 3.05) is 13.6 Å². The van der Waals surface area contributed by atoms with Gasteiger partial charge in [-0.15, -0.1) is 5.10 Å². The number of aryl methyl sites for hydroxylation is 2. The molecule has 0 radical (unpaired) electrons. The van der Waals surface area contributed by atoms with Gasteiger partial charge in [-0.3, -0.25) is 23.1 Å². The Hall–Kier alpha value is -4.05. The third-order valence-corrected chi connectivity index (χ3v) is 10.2. The van der Waals surface area contributed by atoms with Crippen LogP contribution < -0.4 is 5.69 Å². The van der Waals surface area contributed by atoms with E-state index in [1.165, 1.54) is 5.56 Å². The monoisotopic (exact) mass is 642 g/mol. The van der Waals surface area contributed by atoms with Crippen LogP contribution in [0, 0.1) is 0 Å². The summed E-state index contributed by atoms with van der Waals surface area (Å²) in [4.78, 5) is 24.4. The molecule has 0 N–H and O–H groups in total. The maximum atomic E-state index is 14.2. The minimum absolute atomic E-state index is 0.0172. The zero-order valence-electron chi connectivity index (χ0n) is 27.4. The topological polar surface area (TPSA) is 69.6 Å². The van der Waals surface area contributed by atoms with Crippen LogP contribution in [0.5, 0.6) is 0 Å². The lowest BCUT2D eigenvalue weighted by Crippen LogP contribution is -2.24. The van der Waals surface area contributed by atoms with E-state index in [1.807, 2.05) is 56.9 Å². The lowest BCUT2D eigenvalue weighted by molar-refractivity contribution is -0.0278. The molecule has 0 saturated heterocycles. The number of rotatable bonds is 8. The molecule has 2 aromatic carbocycles. The summed E-state index contributed by atoms with van der Waals surface area (Å²) in [5.74, 6) is -0.473. The second-order valence-corrected chi connectivity index (χ2v) is 13.0. The fourth-order valence-electron chi connectivity index (χ4n) is 6.96. The van der Waals surface area contributed by atoms with Crippen molar-refractivity contribution in [1.29, 1.82) is 0 Å². The van der Waals surface area contributed by atoms with Crippen molar-refractivity contribution < 1.29 is 9.47 Å². The lowest BCUT2D eigenvalue weighted by Gasteiger charge is -2.17. The van der Waals surface area contributed by atoms with Gasteiger partial charge in [-0.05, 0) is 60.9 Å². The van der Waals surface area contributed by atoms with Crippen LogP contribution in [0.15, 0.2) is 75.6 Å². The van der Waals surface area contributed by atoms with Gasteiger partial charge in [-0.25, -0.2) is 9.78 Å². The van der Waals surface area contributed by atoms with Gasteiger partial charge in [-0.2, -0.15) is 0 Å². The van der Waals surface area contributed by atoms with Crippen LogP contribution in [-0.4, -0.2) is 42.6 Å². The predicted molar refractivity (Wildman–Crippen MR) is 186 cm³/mol. The summed E-state index contributed by atoms with van der Waals surface area (Å²) in [6.07, 6.45) is 9.23. The number of likely N-dealkylation sites (N-methyl/N-ethyl adjacent to an activating group) is 1. The zero-order chi connectivity index (χ0) is 32.4. The number of pyridine rings is 1. The van der Waals surface area contributed by atoms with Gasteiger partial charge in [0.15, 0.2) is 5.65 Å². The molecule has 1 atom stereocenters. The van der Waals surface area contributed by atoms with Crippen LogP contribution in [0.2, 0.25) is 0 Å². The minimum atomic E-state index is -0.490. The second-order valence-electron chi connectivity index (χ2n) is 12.0. The molecule has 1 aliphatic carbocycles. The average Bonchev–Trinajstić information content (AvgIpc) is 3.87. The van der Waals surface area contributed by atoms with Crippen LogP contribution in [0.3, 0.4) is 0 Å². The number of aromatic nitrogens is 4. The van der Waals surface area contributed by atoms with Gasteiger partial charge in [0.1, 0.15) is 5.92 Å². The molecule has 8 nitrogen and oxygen atoms in total. The number of hydrogen-bond acceptors (Lipinski definition) is 6. The number of unbranched alkanes of at least 4 members (excludes halogenated alkanes) is 1. The lowest BCUT2D eigenvalue weighted by atomic mass is 9.94. The molecule has 1 aliphatic heterocycles. The Morgan fingerprint density at radius 3 is 2.41 bits per heavy atom.